The van der Waals surface area contributed by atoms with Gasteiger partial charge in [-0.25, -0.2) is 13.8 Å². The molecule has 0 saturated heterocycles. The van der Waals surface area contributed by atoms with E-state index in [-0.39, 0.29) is 0 Å². The Bertz CT molecular complexity index is 578. The van der Waals surface area contributed by atoms with E-state index in [0.717, 1.165) is 29.5 Å². The van der Waals surface area contributed by atoms with Gasteiger partial charge in [-0.3, -0.25) is 0 Å². The van der Waals surface area contributed by atoms with Crippen molar-refractivity contribution in [3.63, 3.8) is 0 Å². The van der Waals surface area contributed by atoms with E-state index < -0.39 is 11.6 Å². The lowest BCUT2D eigenvalue weighted by molar-refractivity contribution is 0.506. The van der Waals surface area contributed by atoms with Gasteiger partial charge in [-0.2, -0.15) is 0 Å². The largest absolute Gasteiger partial charge is 0.326 e. The third kappa shape index (κ3) is 2.80. The fourth-order valence-electron chi connectivity index (χ4n) is 1.34. The van der Waals surface area contributed by atoms with E-state index in [4.69, 9.17) is 17.3 Å². The fourth-order valence-corrected chi connectivity index (χ4v) is 2.50. The van der Waals surface area contributed by atoms with Gasteiger partial charge in [-0.1, -0.05) is 23.4 Å². The normalized spacial score (nSPS) is 10.7. The highest BCUT2D eigenvalue weighted by molar-refractivity contribution is 7.99. The summed E-state index contributed by atoms with van der Waals surface area (Å²) in [5.74, 6) is -1.78. The van der Waals surface area contributed by atoms with Gasteiger partial charge in [0.15, 0.2) is 11.6 Å². The van der Waals surface area contributed by atoms with Gasteiger partial charge in [0.25, 0.3) is 0 Å². The van der Waals surface area contributed by atoms with Crippen LogP contribution in [-0.4, -0.2) is 4.98 Å². The van der Waals surface area contributed by atoms with Crippen molar-refractivity contribution in [3.8, 4) is 0 Å². The first-order valence-electron chi connectivity index (χ1n) is 5.08. The average Bonchev–Trinajstić information content (AvgIpc) is 2.36. The van der Waals surface area contributed by atoms with Crippen LogP contribution in [-0.2, 0) is 6.54 Å². The number of nitrogens with zero attached hydrogens (tertiary/aromatic N) is 1. The number of hydrogen-bond donors (Lipinski definition) is 1. The highest BCUT2D eigenvalue weighted by Gasteiger charge is 2.10. The van der Waals surface area contributed by atoms with Crippen LogP contribution in [0, 0.1) is 11.6 Å². The van der Waals surface area contributed by atoms with Gasteiger partial charge in [-0.05, 0) is 29.8 Å². The second-order valence-corrected chi connectivity index (χ2v) is 4.91. The second-order valence-electron chi connectivity index (χ2n) is 3.47. The lowest BCUT2D eigenvalue weighted by atomic mass is 10.3. The molecule has 0 saturated carbocycles. The Kier molecular flexibility index (Phi) is 4.16. The summed E-state index contributed by atoms with van der Waals surface area (Å²) in [6.45, 7) is 0.298. The molecule has 0 bridgehead atoms. The Morgan fingerprint density at radius 1 is 1.22 bits per heavy atom. The Morgan fingerprint density at radius 2 is 2.00 bits per heavy atom. The molecule has 2 nitrogen and oxygen atoms in total. The summed E-state index contributed by atoms with van der Waals surface area (Å²) in [5, 5.41) is 0.959. The summed E-state index contributed by atoms with van der Waals surface area (Å²) in [5.41, 5.74) is 6.29. The Balaban J connectivity index is 2.31. The van der Waals surface area contributed by atoms with Crippen LogP contribution in [0.25, 0.3) is 0 Å². The van der Waals surface area contributed by atoms with Gasteiger partial charge < -0.3 is 5.73 Å². The van der Waals surface area contributed by atoms with E-state index in [9.17, 15) is 8.78 Å². The molecule has 1 heterocycles. The van der Waals surface area contributed by atoms with Crippen LogP contribution in [0.1, 0.15) is 5.56 Å². The molecule has 0 spiro atoms. The molecule has 6 heteroatoms. The molecule has 2 rings (SSSR count). The van der Waals surface area contributed by atoms with Crippen molar-refractivity contribution in [1.82, 2.24) is 4.98 Å². The first-order valence-corrected chi connectivity index (χ1v) is 6.27. The van der Waals surface area contributed by atoms with Crippen LogP contribution in [0.4, 0.5) is 8.78 Å². The maximum atomic E-state index is 13.1. The molecule has 2 N–H and O–H groups in total. The Labute approximate surface area is 112 Å². The number of nitrogens with two attached hydrogens (primary N) is 1. The van der Waals surface area contributed by atoms with E-state index >= 15 is 0 Å². The third-order valence-corrected chi connectivity index (χ3v) is 3.79. The maximum Gasteiger partial charge on any atom is 0.159 e. The molecule has 0 aliphatic rings. The number of aromatic nitrogens is 1. The quantitative estimate of drug-likeness (QED) is 0.936. The minimum Gasteiger partial charge on any atom is -0.326 e. The highest BCUT2D eigenvalue weighted by Crippen LogP contribution is 2.33. The van der Waals surface area contributed by atoms with Gasteiger partial charge in [-0.15, -0.1) is 0 Å². The first-order chi connectivity index (χ1) is 8.61. The van der Waals surface area contributed by atoms with Crippen LogP contribution in [0.3, 0.4) is 0 Å². The molecule has 0 amide bonds. The maximum absolute atomic E-state index is 13.1. The molecule has 94 valence electrons. The van der Waals surface area contributed by atoms with Crippen molar-refractivity contribution in [3.05, 3.63) is 52.7 Å². The Morgan fingerprint density at radius 3 is 2.67 bits per heavy atom. The van der Waals surface area contributed by atoms with E-state index in [0.29, 0.717) is 21.5 Å². The third-order valence-electron chi connectivity index (χ3n) is 2.26. The van der Waals surface area contributed by atoms with Crippen molar-refractivity contribution in [2.24, 2.45) is 5.73 Å². The molecular weight excluding hydrogens is 278 g/mol. The minimum atomic E-state index is -0.897. The predicted molar refractivity (Wildman–Crippen MR) is 67.6 cm³/mol. The zero-order chi connectivity index (χ0) is 13.1. The monoisotopic (exact) mass is 286 g/mol. The van der Waals surface area contributed by atoms with Crippen molar-refractivity contribution in [2.45, 2.75) is 16.5 Å². The van der Waals surface area contributed by atoms with E-state index in [2.05, 4.69) is 4.98 Å². The summed E-state index contributed by atoms with van der Waals surface area (Å²) >= 11 is 7.26. The molecule has 0 aliphatic carbocycles. The predicted octanol–water partition coefficient (Wildman–Crippen LogP) is 3.62. The van der Waals surface area contributed by atoms with Crippen LogP contribution in [0.2, 0.25) is 5.02 Å². The zero-order valence-corrected chi connectivity index (χ0v) is 10.7. The first kappa shape index (κ1) is 13.3. The van der Waals surface area contributed by atoms with Gasteiger partial charge in [0, 0.05) is 17.6 Å². The summed E-state index contributed by atoms with van der Waals surface area (Å²) in [6.07, 6.45) is 1.58. The lowest BCUT2D eigenvalue weighted by Crippen LogP contribution is -1.98. The molecule has 1 aromatic heterocycles. The van der Waals surface area contributed by atoms with Crippen molar-refractivity contribution >= 4 is 23.4 Å². The molecule has 0 atom stereocenters. The van der Waals surface area contributed by atoms with Gasteiger partial charge >= 0.3 is 0 Å². The SMILES string of the molecule is NCc1ccnc(Sc2ccc(F)c(F)c2)c1Cl. The van der Waals surface area contributed by atoms with Crippen molar-refractivity contribution in [1.29, 1.82) is 0 Å². The number of pyridine rings is 1. The topological polar surface area (TPSA) is 38.9 Å². The summed E-state index contributed by atoms with van der Waals surface area (Å²) in [4.78, 5) is 4.62. The molecule has 0 fully saturated rings. The van der Waals surface area contributed by atoms with E-state index in [1.807, 2.05) is 0 Å². The van der Waals surface area contributed by atoms with E-state index in [1.165, 1.54) is 6.07 Å². The van der Waals surface area contributed by atoms with Crippen LogP contribution < -0.4 is 5.73 Å². The molecule has 0 unspecified atom stereocenters. The average molecular weight is 287 g/mol. The summed E-state index contributed by atoms with van der Waals surface area (Å²) in [7, 11) is 0. The molecular formula is C12H9ClF2N2S. The number of halogens is 3. The summed E-state index contributed by atoms with van der Waals surface area (Å²) < 4.78 is 25.9. The molecule has 2 aromatic rings. The minimum absolute atomic E-state index is 0.298. The highest BCUT2D eigenvalue weighted by atomic mass is 35.5. The van der Waals surface area contributed by atoms with Crippen molar-refractivity contribution < 1.29 is 8.78 Å². The van der Waals surface area contributed by atoms with Crippen LogP contribution in [0.5, 0.6) is 0 Å². The van der Waals surface area contributed by atoms with Gasteiger partial charge in [0.2, 0.25) is 0 Å². The summed E-state index contributed by atoms with van der Waals surface area (Å²) in [6, 6.07) is 5.36. The molecule has 0 aliphatic heterocycles. The van der Waals surface area contributed by atoms with Gasteiger partial charge in [0.05, 0.1) is 5.02 Å². The van der Waals surface area contributed by atoms with Crippen molar-refractivity contribution in [2.75, 3.05) is 0 Å². The van der Waals surface area contributed by atoms with Crippen LogP contribution in [0.15, 0.2) is 40.4 Å². The lowest BCUT2D eigenvalue weighted by Gasteiger charge is -2.06. The Hall–Kier alpha value is -1.17. The molecule has 18 heavy (non-hydrogen) atoms. The van der Waals surface area contributed by atoms with E-state index in [1.54, 1.807) is 12.3 Å². The number of hydrogen-bond acceptors (Lipinski definition) is 3. The standard InChI is InChI=1S/C12H9ClF2N2S/c13-11-7(6-16)3-4-17-12(11)18-8-1-2-9(14)10(15)5-8/h1-5H,6,16H2. The second kappa shape index (κ2) is 5.65. The van der Waals surface area contributed by atoms with Gasteiger partial charge in [0.1, 0.15) is 5.03 Å². The molecule has 1 aromatic carbocycles. The fraction of sp³-hybridized carbons (Fsp3) is 0.0833. The number of benzene rings is 1. The smallest absolute Gasteiger partial charge is 0.159 e. The zero-order valence-electron chi connectivity index (χ0n) is 9.16. The number of rotatable bonds is 3. The molecule has 0 radical (unpaired) electrons. The van der Waals surface area contributed by atoms with Crippen LogP contribution >= 0.6 is 23.4 Å².